The molecule has 1 N–H and O–H groups in total. The molecule has 0 radical (unpaired) electrons. The third kappa shape index (κ3) is 4.33. The molecule has 170 valence electrons. The Bertz CT molecular complexity index is 1140. The van der Waals surface area contributed by atoms with Gasteiger partial charge in [-0.15, -0.1) is 11.8 Å². The van der Waals surface area contributed by atoms with E-state index in [0.717, 1.165) is 4.90 Å². The second-order valence-electron chi connectivity index (χ2n) is 8.51. The van der Waals surface area contributed by atoms with E-state index in [1.165, 1.54) is 0 Å². The topological polar surface area (TPSA) is 93.5 Å². The summed E-state index contributed by atoms with van der Waals surface area (Å²) < 4.78 is 0. The number of para-hydroxylation sites is 2. The fraction of sp³-hybridized carbons (Fsp3) is 0.360. The lowest BCUT2D eigenvalue weighted by Crippen LogP contribution is -2.62. The Balaban J connectivity index is 1.49. The summed E-state index contributed by atoms with van der Waals surface area (Å²) in [5, 5.41) is 12.0. The lowest BCUT2D eigenvalue weighted by molar-refractivity contribution is -0.117. The molecule has 4 rings (SSSR count). The first-order valence-electron chi connectivity index (χ1n) is 11.0. The molecule has 8 heteroatoms. The van der Waals surface area contributed by atoms with Gasteiger partial charge >= 0.3 is 0 Å². The summed E-state index contributed by atoms with van der Waals surface area (Å²) in [6.07, 6.45) is 1.42. The average Bonchev–Trinajstić information content (AvgIpc) is 3.10. The van der Waals surface area contributed by atoms with Gasteiger partial charge in [-0.3, -0.25) is 19.3 Å². The van der Waals surface area contributed by atoms with Crippen molar-refractivity contribution in [3.63, 3.8) is 0 Å². The van der Waals surface area contributed by atoms with E-state index in [1.54, 1.807) is 39.8 Å². The molecule has 1 fully saturated rings. The third-order valence-corrected chi connectivity index (χ3v) is 7.36. The quantitative estimate of drug-likeness (QED) is 0.615. The fourth-order valence-corrected chi connectivity index (χ4v) is 5.52. The van der Waals surface area contributed by atoms with Crippen molar-refractivity contribution in [2.75, 3.05) is 16.8 Å². The van der Waals surface area contributed by atoms with Crippen LogP contribution < -0.4 is 10.2 Å². The summed E-state index contributed by atoms with van der Waals surface area (Å²) in [6, 6.07) is 16.8. The average molecular weight is 463 g/mol. The first-order valence-corrected chi connectivity index (χ1v) is 11.9. The van der Waals surface area contributed by atoms with Gasteiger partial charge in [0.2, 0.25) is 11.8 Å². The van der Waals surface area contributed by atoms with Gasteiger partial charge < -0.3 is 10.2 Å². The molecule has 0 spiro atoms. The molecule has 0 saturated carbocycles. The number of nitriles is 1. The van der Waals surface area contributed by atoms with Crippen molar-refractivity contribution in [1.82, 2.24) is 4.90 Å². The van der Waals surface area contributed by atoms with E-state index in [1.807, 2.05) is 44.2 Å². The van der Waals surface area contributed by atoms with Gasteiger partial charge in [0.1, 0.15) is 5.66 Å². The number of anilines is 2. The van der Waals surface area contributed by atoms with Gasteiger partial charge in [-0.05, 0) is 37.6 Å². The SMILES string of the molecule is CC(CC#N)Sc1ccccc1NC(=O)CCN1C(=O)c2ccccc2N2C(=O)CCC12C. The van der Waals surface area contributed by atoms with Crippen LogP contribution in [-0.4, -0.2) is 40.1 Å². The number of carbonyl (C=O) groups is 3. The smallest absolute Gasteiger partial charge is 0.257 e. The van der Waals surface area contributed by atoms with Crippen molar-refractivity contribution >= 4 is 40.9 Å². The summed E-state index contributed by atoms with van der Waals surface area (Å²) in [7, 11) is 0. The van der Waals surface area contributed by atoms with Crippen LogP contribution in [0.2, 0.25) is 0 Å². The highest BCUT2D eigenvalue weighted by atomic mass is 32.2. The molecule has 1 saturated heterocycles. The van der Waals surface area contributed by atoms with Crippen LogP contribution in [0.25, 0.3) is 0 Å². The summed E-state index contributed by atoms with van der Waals surface area (Å²) in [5.74, 6) is -0.375. The third-order valence-electron chi connectivity index (χ3n) is 6.18. The molecule has 2 unspecified atom stereocenters. The summed E-state index contributed by atoms with van der Waals surface area (Å²) >= 11 is 1.54. The Kier molecular flexibility index (Phi) is 6.43. The Labute approximate surface area is 197 Å². The Morgan fingerprint density at radius 2 is 1.94 bits per heavy atom. The van der Waals surface area contributed by atoms with Crippen molar-refractivity contribution in [1.29, 1.82) is 5.26 Å². The fourth-order valence-electron chi connectivity index (χ4n) is 4.53. The van der Waals surface area contributed by atoms with Crippen molar-refractivity contribution in [3.05, 3.63) is 54.1 Å². The number of hydrogen-bond acceptors (Lipinski definition) is 5. The highest BCUT2D eigenvalue weighted by molar-refractivity contribution is 8.00. The molecule has 3 amide bonds. The molecule has 0 aromatic heterocycles. The largest absolute Gasteiger partial charge is 0.325 e. The van der Waals surface area contributed by atoms with Crippen LogP contribution in [0.15, 0.2) is 53.4 Å². The number of fused-ring (bicyclic) bond motifs is 3. The summed E-state index contributed by atoms with van der Waals surface area (Å²) in [5.41, 5.74) is 1.05. The monoisotopic (exact) mass is 462 g/mol. The molecule has 2 aliphatic rings. The van der Waals surface area contributed by atoms with Crippen molar-refractivity contribution < 1.29 is 14.4 Å². The minimum Gasteiger partial charge on any atom is -0.325 e. The van der Waals surface area contributed by atoms with Crippen LogP contribution in [0.4, 0.5) is 11.4 Å². The zero-order chi connectivity index (χ0) is 23.6. The molecular weight excluding hydrogens is 436 g/mol. The molecule has 33 heavy (non-hydrogen) atoms. The minimum atomic E-state index is -0.775. The van der Waals surface area contributed by atoms with Crippen LogP contribution in [-0.2, 0) is 9.59 Å². The Hall–Kier alpha value is -3.31. The van der Waals surface area contributed by atoms with Crippen LogP contribution in [0.1, 0.15) is 49.9 Å². The first-order chi connectivity index (χ1) is 15.8. The maximum absolute atomic E-state index is 13.3. The zero-order valence-electron chi connectivity index (χ0n) is 18.7. The highest BCUT2D eigenvalue weighted by Gasteiger charge is 2.52. The maximum atomic E-state index is 13.3. The van der Waals surface area contributed by atoms with E-state index in [4.69, 9.17) is 5.26 Å². The maximum Gasteiger partial charge on any atom is 0.257 e. The van der Waals surface area contributed by atoms with Gasteiger partial charge in [-0.2, -0.15) is 5.26 Å². The highest BCUT2D eigenvalue weighted by Crippen LogP contribution is 2.44. The molecule has 2 atom stereocenters. The molecule has 2 aromatic rings. The predicted molar refractivity (Wildman–Crippen MR) is 128 cm³/mol. The van der Waals surface area contributed by atoms with E-state index < -0.39 is 5.66 Å². The van der Waals surface area contributed by atoms with Crippen LogP contribution in [0, 0.1) is 11.3 Å². The molecule has 7 nitrogen and oxygen atoms in total. The number of carbonyl (C=O) groups excluding carboxylic acids is 3. The van der Waals surface area contributed by atoms with Gasteiger partial charge in [0.15, 0.2) is 0 Å². The van der Waals surface area contributed by atoms with Gasteiger partial charge in [0, 0.05) is 36.0 Å². The van der Waals surface area contributed by atoms with Crippen molar-refractivity contribution in [3.8, 4) is 6.07 Å². The van der Waals surface area contributed by atoms with Crippen LogP contribution in [0.3, 0.4) is 0 Å². The molecule has 2 heterocycles. The van der Waals surface area contributed by atoms with Gasteiger partial charge in [0.25, 0.3) is 5.91 Å². The standard InChI is InChI=1S/C25H26N4O3S/c1-17(12-15-26)33-21-10-6-4-8-19(21)27-22(30)13-16-28-24(32)18-7-3-5-9-20(18)29-23(31)11-14-25(28,29)2/h3-10,17H,11-14,16H2,1-2H3,(H,27,30). The molecule has 2 aliphatic heterocycles. The number of amides is 3. The van der Waals surface area contributed by atoms with Crippen molar-refractivity contribution in [2.45, 2.75) is 55.3 Å². The number of thioether (sulfide) groups is 1. The van der Waals surface area contributed by atoms with Gasteiger partial charge in [-0.1, -0.05) is 31.2 Å². The first kappa shape index (κ1) is 22.9. The van der Waals surface area contributed by atoms with E-state index >= 15 is 0 Å². The lowest BCUT2D eigenvalue weighted by atomic mass is 9.98. The molecule has 2 aromatic carbocycles. The number of hydrogen-bond donors (Lipinski definition) is 1. The van der Waals surface area contributed by atoms with E-state index in [-0.39, 0.29) is 35.9 Å². The summed E-state index contributed by atoms with van der Waals surface area (Å²) in [4.78, 5) is 43.1. The van der Waals surface area contributed by atoms with E-state index in [0.29, 0.717) is 36.2 Å². The van der Waals surface area contributed by atoms with Crippen LogP contribution >= 0.6 is 11.8 Å². The Morgan fingerprint density at radius 1 is 1.21 bits per heavy atom. The molecule has 0 aliphatic carbocycles. The number of nitrogens with zero attached hydrogens (tertiary/aromatic N) is 3. The second-order valence-corrected chi connectivity index (χ2v) is 9.99. The molecule has 0 bridgehead atoms. The lowest BCUT2D eigenvalue weighted by Gasteiger charge is -2.48. The molecular formula is C25H26N4O3S. The number of rotatable bonds is 7. The minimum absolute atomic E-state index is 0.00987. The second kappa shape index (κ2) is 9.28. The van der Waals surface area contributed by atoms with Gasteiger partial charge in [0.05, 0.1) is 23.0 Å². The van der Waals surface area contributed by atoms with Gasteiger partial charge in [-0.25, -0.2) is 0 Å². The zero-order valence-corrected chi connectivity index (χ0v) is 19.5. The van der Waals surface area contributed by atoms with E-state index in [9.17, 15) is 14.4 Å². The normalized spacial score (nSPS) is 20.2. The number of nitrogens with one attached hydrogen (secondary N) is 1. The summed E-state index contributed by atoms with van der Waals surface area (Å²) in [6.45, 7) is 4.08. The van der Waals surface area contributed by atoms with Crippen molar-refractivity contribution in [2.24, 2.45) is 0 Å². The van der Waals surface area contributed by atoms with E-state index in [2.05, 4.69) is 11.4 Å². The Morgan fingerprint density at radius 3 is 2.73 bits per heavy atom. The predicted octanol–water partition coefficient (Wildman–Crippen LogP) is 4.41. The number of benzene rings is 2. The van der Waals surface area contributed by atoms with Crippen LogP contribution in [0.5, 0.6) is 0 Å².